The topological polar surface area (TPSA) is 83.0 Å². The van der Waals surface area contributed by atoms with Crippen molar-refractivity contribution in [1.29, 1.82) is 0 Å². The normalized spacial score (nSPS) is 16.9. The maximum Gasteiger partial charge on any atom is 0.296 e. The van der Waals surface area contributed by atoms with E-state index >= 15 is 0 Å². The zero-order valence-electron chi connectivity index (χ0n) is 21.1. The molecule has 1 unspecified atom stereocenters. The highest BCUT2D eigenvalue weighted by molar-refractivity contribution is 6.46. The molecule has 1 aromatic heterocycles. The number of aryl methyl sites for hydroxylation is 1. The monoisotopic (exact) mass is 485 g/mol. The van der Waals surface area contributed by atoms with Gasteiger partial charge in [-0.05, 0) is 62.7 Å². The number of carbonyl (C=O) groups excluding carboxylic acids is 2. The Morgan fingerprint density at radius 2 is 1.78 bits per heavy atom. The van der Waals surface area contributed by atoms with Crippen LogP contribution in [0.4, 0.5) is 5.69 Å². The molecule has 0 radical (unpaired) electrons. The predicted molar refractivity (Wildman–Crippen MR) is 140 cm³/mol. The van der Waals surface area contributed by atoms with Crippen molar-refractivity contribution in [2.45, 2.75) is 33.4 Å². The molecule has 7 heteroatoms. The number of ketones is 1. The Bertz CT molecular complexity index is 1280. The van der Waals surface area contributed by atoms with Crippen LogP contribution in [0.3, 0.4) is 0 Å². The molecular weight excluding hydrogens is 454 g/mol. The van der Waals surface area contributed by atoms with Crippen molar-refractivity contribution < 1.29 is 19.4 Å². The van der Waals surface area contributed by atoms with Crippen LogP contribution in [-0.4, -0.2) is 46.9 Å². The highest BCUT2D eigenvalue weighted by atomic mass is 16.5. The first-order valence-corrected chi connectivity index (χ1v) is 12.1. The molecule has 0 saturated carbocycles. The summed E-state index contributed by atoms with van der Waals surface area (Å²) in [6.45, 7) is 7.93. The number of ether oxygens (including phenoxy) is 1. The van der Waals surface area contributed by atoms with Gasteiger partial charge in [0.05, 0.1) is 36.5 Å². The summed E-state index contributed by atoms with van der Waals surface area (Å²) >= 11 is 0. The number of anilines is 1. The number of aromatic nitrogens is 1. The maximum atomic E-state index is 13.4. The molecule has 0 bridgehead atoms. The lowest BCUT2D eigenvalue weighted by molar-refractivity contribution is -0.140. The van der Waals surface area contributed by atoms with E-state index in [1.807, 2.05) is 49.4 Å². The van der Waals surface area contributed by atoms with E-state index in [1.54, 1.807) is 24.4 Å². The SMILES string of the molecule is CCN(CC)c1ccc(C2/C(=C(\O)c3cc(C)ccc3OC)C(=O)C(=O)N2Cc2ccccn2)cc1. The lowest BCUT2D eigenvalue weighted by Gasteiger charge is -2.26. The Labute approximate surface area is 211 Å². The predicted octanol–water partition coefficient (Wildman–Crippen LogP) is 4.87. The molecular formula is C29H31N3O4. The standard InChI is InChI=1S/C29H31N3O4/c1-5-31(6-2)22-13-11-20(12-14-22)26-25(27(33)23-17-19(3)10-15-24(23)36-4)28(34)29(35)32(26)18-21-9-7-8-16-30-21/h7-17,26,33H,5-6,18H2,1-4H3/b27-25+. The van der Waals surface area contributed by atoms with Gasteiger partial charge in [-0.3, -0.25) is 14.6 Å². The van der Waals surface area contributed by atoms with Gasteiger partial charge in [-0.25, -0.2) is 0 Å². The molecule has 4 rings (SSSR count). The number of hydrogen-bond donors (Lipinski definition) is 1. The smallest absolute Gasteiger partial charge is 0.296 e. The summed E-state index contributed by atoms with van der Waals surface area (Å²) in [5.41, 5.74) is 3.73. The van der Waals surface area contributed by atoms with E-state index in [-0.39, 0.29) is 17.9 Å². The van der Waals surface area contributed by atoms with Crippen LogP contribution in [-0.2, 0) is 16.1 Å². The minimum Gasteiger partial charge on any atom is -0.507 e. The van der Waals surface area contributed by atoms with Crippen LogP contribution in [0, 0.1) is 6.92 Å². The van der Waals surface area contributed by atoms with E-state index in [0.717, 1.165) is 29.9 Å². The number of carbonyl (C=O) groups is 2. The van der Waals surface area contributed by atoms with Crippen molar-refractivity contribution in [3.8, 4) is 5.75 Å². The minimum absolute atomic E-state index is 0.0374. The number of nitrogens with zero attached hydrogens (tertiary/aromatic N) is 3. The van der Waals surface area contributed by atoms with Gasteiger partial charge in [0.15, 0.2) is 0 Å². The Morgan fingerprint density at radius 3 is 2.39 bits per heavy atom. The molecule has 36 heavy (non-hydrogen) atoms. The van der Waals surface area contributed by atoms with Crippen molar-refractivity contribution >= 4 is 23.1 Å². The first-order chi connectivity index (χ1) is 17.4. The summed E-state index contributed by atoms with van der Waals surface area (Å²) in [6.07, 6.45) is 1.65. The first kappa shape index (κ1) is 25.0. The molecule has 0 aliphatic carbocycles. The highest BCUT2D eigenvalue weighted by Crippen LogP contribution is 2.42. The van der Waals surface area contributed by atoms with Gasteiger partial charge >= 0.3 is 0 Å². The van der Waals surface area contributed by atoms with Crippen molar-refractivity contribution in [3.63, 3.8) is 0 Å². The second-order valence-corrected chi connectivity index (χ2v) is 8.72. The van der Waals surface area contributed by atoms with Crippen LogP contribution >= 0.6 is 0 Å². The molecule has 1 saturated heterocycles. The largest absolute Gasteiger partial charge is 0.507 e. The van der Waals surface area contributed by atoms with Crippen LogP contribution in [0.15, 0.2) is 72.4 Å². The Morgan fingerprint density at radius 1 is 1.06 bits per heavy atom. The van der Waals surface area contributed by atoms with E-state index in [4.69, 9.17) is 4.74 Å². The number of rotatable bonds is 8. The lowest BCUT2D eigenvalue weighted by Crippen LogP contribution is -2.29. The number of benzene rings is 2. The number of aliphatic hydroxyl groups is 1. The summed E-state index contributed by atoms with van der Waals surface area (Å²) in [4.78, 5) is 34.7. The fourth-order valence-corrected chi connectivity index (χ4v) is 4.66. The average molecular weight is 486 g/mol. The van der Waals surface area contributed by atoms with Gasteiger partial charge in [0.2, 0.25) is 0 Å². The van der Waals surface area contributed by atoms with E-state index < -0.39 is 17.7 Å². The maximum absolute atomic E-state index is 13.4. The van der Waals surface area contributed by atoms with Gasteiger partial charge in [0.1, 0.15) is 11.5 Å². The average Bonchev–Trinajstić information content (AvgIpc) is 3.15. The van der Waals surface area contributed by atoms with Gasteiger partial charge in [-0.15, -0.1) is 0 Å². The number of methoxy groups -OCH3 is 1. The van der Waals surface area contributed by atoms with Crippen molar-refractivity contribution in [2.75, 3.05) is 25.1 Å². The van der Waals surface area contributed by atoms with Crippen molar-refractivity contribution in [1.82, 2.24) is 9.88 Å². The second-order valence-electron chi connectivity index (χ2n) is 8.72. The number of Topliss-reactive ketones (excluding diaryl/α,β-unsaturated/α-hetero) is 1. The lowest BCUT2D eigenvalue weighted by atomic mass is 9.94. The zero-order valence-corrected chi connectivity index (χ0v) is 21.1. The Balaban J connectivity index is 1.88. The molecule has 1 aliphatic rings. The molecule has 1 atom stereocenters. The van der Waals surface area contributed by atoms with E-state index in [2.05, 4.69) is 23.7 Å². The number of aliphatic hydroxyl groups excluding tert-OH is 1. The van der Waals surface area contributed by atoms with Gasteiger partial charge in [-0.1, -0.05) is 29.8 Å². The third-order valence-corrected chi connectivity index (χ3v) is 6.55. The number of likely N-dealkylation sites (tertiary alicyclic amines) is 1. The molecule has 2 aromatic carbocycles. The number of pyridine rings is 1. The quantitative estimate of drug-likeness (QED) is 0.279. The summed E-state index contributed by atoms with van der Waals surface area (Å²) in [7, 11) is 1.50. The third-order valence-electron chi connectivity index (χ3n) is 6.55. The molecule has 3 aromatic rings. The fraction of sp³-hybridized carbons (Fsp3) is 0.276. The van der Waals surface area contributed by atoms with Gasteiger partial charge in [0.25, 0.3) is 11.7 Å². The van der Waals surface area contributed by atoms with Gasteiger partial charge < -0.3 is 19.6 Å². The molecule has 0 spiro atoms. The van der Waals surface area contributed by atoms with E-state index in [9.17, 15) is 14.7 Å². The highest BCUT2D eigenvalue weighted by Gasteiger charge is 2.46. The van der Waals surface area contributed by atoms with Gasteiger partial charge in [-0.2, -0.15) is 0 Å². The molecule has 2 heterocycles. The second kappa shape index (κ2) is 10.6. The van der Waals surface area contributed by atoms with Crippen molar-refractivity contribution in [3.05, 3.63) is 94.8 Å². The molecule has 7 nitrogen and oxygen atoms in total. The molecule has 1 amide bonds. The van der Waals surface area contributed by atoms with Crippen LogP contribution in [0.2, 0.25) is 0 Å². The Kier molecular flexibility index (Phi) is 7.38. The van der Waals surface area contributed by atoms with E-state index in [0.29, 0.717) is 17.0 Å². The molecule has 1 N–H and O–H groups in total. The van der Waals surface area contributed by atoms with E-state index in [1.165, 1.54) is 12.0 Å². The fourth-order valence-electron chi connectivity index (χ4n) is 4.66. The summed E-state index contributed by atoms with van der Waals surface area (Å²) in [6, 6.07) is 17.8. The summed E-state index contributed by atoms with van der Waals surface area (Å²) in [5, 5.41) is 11.5. The summed E-state index contributed by atoms with van der Waals surface area (Å²) in [5.74, 6) is -1.24. The Hall–Kier alpha value is -4.13. The van der Waals surface area contributed by atoms with Crippen molar-refractivity contribution in [2.24, 2.45) is 0 Å². The van der Waals surface area contributed by atoms with Crippen LogP contribution in [0.5, 0.6) is 5.75 Å². The van der Waals surface area contributed by atoms with Gasteiger partial charge in [0, 0.05) is 25.0 Å². The summed E-state index contributed by atoms with van der Waals surface area (Å²) < 4.78 is 5.45. The minimum atomic E-state index is -0.775. The first-order valence-electron chi connectivity index (χ1n) is 12.1. The third kappa shape index (κ3) is 4.69. The molecule has 186 valence electrons. The number of amides is 1. The van der Waals surface area contributed by atoms with Crippen LogP contribution in [0.1, 0.15) is 42.3 Å². The van der Waals surface area contributed by atoms with Crippen LogP contribution < -0.4 is 9.64 Å². The number of hydrogen-bond acceptors (Lipinski definition) is 6. The molecule has 1 fully saturated rings. The zero-order chi connectivity index (χ0) is 25.8. The molecule has 1 aliphatic heterocycles. The van der Waals surface area contributed by atoms with Crippen LogP contribution in [0.25, 0.3) is 5.76 Å².